The lowest BCUT2D eigenvalue weighted by atomic mass is 10.1. The molecular weight excluding hydrogens is 434 g/mol. The summed E-state index contributed by atoms with van der Waals surface area (Å²) in [6.45, 7) is 4.60. The van der Waals surface area contributed by atoms with Crippen LogP contribution in [0, 0.1) is 6.92 Å². The van der Waals surface area contributed by atoms with E-state index in [0.29, 0.717) is 32.0 Å². The van der Waals surface area contributed by atoms with Gasteiger partial charge >= 0.3 is 6.18 Å². The second-order valence-electron chi connectivity index (χ2n) is 5.07. The van der Waals surface area contributed by atoms with Gasteiger partial charge in [0.05, 0.1) is 6.54 Å². The number of rotatable bonds is 8. The van der Waals surface area contributed by atoms with Crippen molar-refractivity contribution in [2.45, 2.75) is 33.0 Å². The van der Waals surface area contributed by atoms with Gasteiger partial charge in [0, 0.05) is 19.7 Å². The minimum absolute atomic E-state index is 0. The molecule has 0 aromatic heterocycles. The van der Waals surface area contributed by atoms with Crippen molar-refractivity contribution in [2.75, 3.05) is 26.3 Å². The fourth-order valence-electron chi connectivity index (χ4n) is 1.86. The van der Waals surface area contributed by atoms with Gasteiger partial charge in [-0.25, -0.2) is 4.99 Å². The molecule has 0 unspecified atom stereocenters. The van der Waals surface area contributed by atoms with Crippen molar-refractivity contribution in [1.82, 2.24) is 10.6 Å². The topological polar surface area (TPSA) is 45.7 Å². The molecule has 24 heavy (non-hydrogen) atoms. The Hall–Kier alpha value is -1.03. The summed E-state index contributed by atoms with van der Waals surface area (Å²) >= 11 is 0. The Morgan fingerprint density at radius 2 is 1.92 bits per heavy atom. The molecule has 0 amide bonds. The summed E-state index contributed by atoms with van der Waals surface area (Å²) in [5.74, 6) is 0.645. The summed E-state index contributed by atoms with van der Waals surface area (Å²) < 4.78 is 40.3. The predicted molar refractivity (Wildman–Crippen MR) is 101 cm³/mol. The zero-order valence-corrected chi connectivity index (χ0v) is 16.3. The van der Waals surface area contributed by atoms with Gasteiger partial charge in [-0.3, -0.25) is 0 Å². The number of hydrogen-bond acceptors (Lipinski definition) is 2. The lowest BCUT2D eigenvalue weighted by Crippen LogP contribution is -2.38. The minimum Gasteiger partial charge on any atom is -0.372 e. The van der Waals surface area contributed by atoms with Gasteiger partial charge in [-0.05, 0) is 31.4 Å². The van der Waals surface area contributed by atoms with Gasteiger partial charge in [-0.1, -0.05) is 24.3 Å². The van der Waals surface area contributed by atoms with Crippen molar-refractivity contribution in [3.8, 4) is 0 Å². The quantitative estimate of drug-likeness (QED) is 0.270. The molecule has 0 atom stereocenters. The number of alkyl halides is 3. The van der Waals surface area contributed by atoms with Gasteiger partial charge in [0.2, 0.25) is 0 Å². The number of aryl methyl sites for hydroxylation is 1. The molecule has 0 heterocycles. The summed E-state index contributed by atoms with van der Waals surface area (Å²) in [6, 6.07) is 8.00. The van der Waals surface area contributed by atoms with E-state index in [1.165, 1.54) is 5.56 Å². The number of hydrogen-bond donors (Lipinski definition) is 2. The van der Waals surface area contributed by atoms with E-state index in [0.717, 1.165) is 5.56 Å². The maximum atomic E-state index is 11.9. The summed E-state index contributed by atoms with van der Waals surface area (Å²) in [7, 11) is 0. The van der Waals surface area contributed by atoms with Crippen LogP contribution < -0.4 is 10.6 Å². The van der Waals surface area contributed by atoms with E-state index in [9.17, 15) is 13.2 Å². The van der Waals surface area contributed by atoms with Gasteiger partial charge in [-0.15, -0.1) is 24.0 Å². The molecule has 0 aliphatic heterocycles. The first kappa shape index (κ1) is 23.0. The van der Waals surface area contributed by atoms with Crippen LogP contribution in [0.5, 0.6) is 0 Å². The fourth-order valence-corrected chi connectivity index (χ4v) is 1.86. The van der Waals surface area contributed by atoms with Crippen molar-refractivity contribution < 1.29 is 17.9 Å². The number of ether oxygens (including phenoxy) is 1. The van der Waals surface area contributed by atoms with Gasteiger partial charge in [-0.2, -0.15) is 13.2 Å². The highest BCUT2D eigenvalue weighted by molar-refractivity contribution is 14.0. The zero-order valence-electron chi connectivity index (χ0n) is 13.9. The highest BCUT2D eigenvalue weighted by atomic mass is 127. The second-order valence-corrected chi connectivity index (χ2v) is 5.07. The molecule has 0 aliphatic carbocycles. The Morgan fingerprint density at radius 1 is 1.21 bits per heavy atom. The Kier molecular flexibility index (Phi) is 11.8. The van der Waals surface area contributed by atoms with Crippen LogP contribution in [0.4, 0.5) is 13.2 Å². The second kappa shape index (κ2) is 12.3. The summed E-state index contributed by atoms with van der Waals surface area (Å²) in [5, 5.41) is 6.19. The van der Waals surface area contributed by atoms with Crippen molar-refractivity contribution in [2.24, 2.45) is 4.99 Å². The Bertz CT molecular complexity index is 496. The van der Waals surface area contributed by atoms with Crippen molar-refractivity contribution >= 4 is 29.9 Å². The normalized spacial score (nSPS) is 11.8. The first-order valence-corrected chi connectivity index (χ1v) is 7.63. The molecule has 0 saturated carbocycles. The van der Waals surface area contributed by atoms with E-state index in [1.807, 2.05) is 38.1 Å². The van der Waals surface area contributed by atoms with Crippen LogP contribution >= 0.6 is 24.0 Å². The Morgan fingerprint density at radius 3 is 2.54 bits per heavy atom. The zero-order chi connectivity index (χ0) is 17.1. The van der Waals surface area contributed by atoms with Crippen LogP contribution in [0.15, 0.2) is 29.3 Å². The van der Waals surface area contributed by atoms with Crippen molar-refractivity contribution in [1.29, 1.82) is 0 Å². The third-order valence-electron chi connectivity index (χ3n) is 3.04. The Balaban J connectivity index is 0.00000529. The molecule has 0 spiro atoms. The Labute approximate surface area is 158 Å². The third-order valence-corrected chi connectivity index (χ3v) is 3.04. The number of halogens is 4. The largest absolute Gasteiger partial charge is 0.411 e. The standard InChI is InChI=1S/C16H24F3N3O.HI/c1-3-20-15(21-9-6-10-23-12-16(17,18)19)22-11-14-8-5-4-7-13(14)2;/h4-5,7-8H,3,6,9-12H2,1-2H3,(H2,20,21,22);1H. The molecule has 1 aromatic rings. The molecule has 0 bridgehead atoms. The molecule has 0 radical (unpaired) electrons. The van der Waals surface area contributed by atoms with Crippen LogP contribution in [0.2, 0.25) is 0 Å². The van der Waals surface area contributed by atoms with E-state index in [1.54, 1.807) is 0 Å². The van der Waals surface area contributed by atoms with E-state index < -0.39 is 12.8 Å². The van der Waals surface area contributed by atoms with Crippen LogP contribution in [0.3, 0.4) is 0 Å². The third kappa shape index (κ3) is 10.7. The SMILES string of the molecule is CCNC(=NCc1ccccc1C)NCCCOCC(F)(F)F.I. The van der Waals surface area contributed by atoms with Crippen molar-refractivity contribution in [3.63, 3.8) is 0 Å². The molecule has 2 N–H and O–H groups in total. The van der Waals surface area contributed by atoms with E-state index >= 15 is 0 Å². The monoisotopic (exact) mass is 459 g/mol. The molecular formula is C16H25F3IN3O. The van der Waals surface area contributed by atoms with Crippen LogP contribution in [-0.2, 0) is 11.3 Å². The predicted octanol–water partition coefficient (Wildman–Crippen LogP) is 3.64. The van der Waals surface area contributed by atoms with Crippen LogP contribution in [-0.4, -0.2) is 38.4 Å². The molecule has 138 valence electrons. The van der Waals surface area contributed by atoms with E-state index in [-0.39, 0.29) is 30.6 Å². The lowest BCUT2D eigenvalue weighted by molar-refractivity contribution is -0.173. The highest BCUT2D eigenvalue weighted by Gasteiger charge is 2.27. The van der Waals surface area contributed by atoms with Crippen LogP contribution in [0.25, 0.3) is 0 Å². The average Bonchev–Trinajstić information content (AvgIpc) is 2.48. The smallest absolute Gasteiger partial charge is 0.372 e. The number of nitrogens with one attached hydrogen (secondary N) is 2. The number of aliphatic imine (C=N–C) groups is 1. The van der Waals surface area contributed by atoms with Gasteiger partial charge in [0.1, 0.15) is 6.61 Å². The molecule has 8 heteroatoms. The summed E-state index contributed by atoms with van der Waals surface area (Å²) in [6.07, 6.45) is -3.79. The van der Waals surface area contributed by atoms with E-state index in [4.69, 9.17) is 0 Å². The average molecular weight is 459 g/mol. The molecule has 4 nitrogen and oxygen atoms in total. The van der Waals surface area contributed by atoms with Crippen LogP contribution in [0.1, 0.15) is 24.5 Å². The maximum Gasteiger partial charge on any atom is 0.411 e. The first-order valence-electron chi connectivity index (χ1n) is 7.63. The maximum absolute atomic E-state index is 11.9. The molecule has 0 fully saturated rings. The molecule has 1 rings (SSSR count). The van der Waals surface area contributed by atoms with E-state index in [2.05, 4.69) is 20.4 Å². The molecule has 0 saturated heterocycles. The highest BCUT2D eigenvalue weighted by Crippen LogP contribution is 2.14. The van der Waals surface area contributed by atoms with Gasteiger partial charge in [0.15, 0.2) is 5.96 Å². The number of nitrogens with zero attached hydrogens (tertiary/aromatic N) is 1. The lowest BCUT2D eigenvalue weighted by Gasteiger charge is -2.12. The van der Waals surface area contributed by atoms with Gasteiger partial charge in [0.25, 0.3) is 0 Å². The number of guanidine groups is 1. The number of benzene rings is 1. The van der Waals surface area contributed by atoms with Crippen molar-refractivity contribution in [3.05, 3.63) is 35.4 Å². The first-order chi connectivity index (χ1) is 10.9. The minimum atomic E-state index is -4.27. The van der Waals surface area contributed by atoms with Gasteiger partial charge < -0.3 is 15.4 Å². The molecule has 1 aromatic carbocycles. The summed E-state index contributed by atoms with van der Waals surface area (Å²) in [5.41, 5.74) is 2.31. The molecule has 0 aliphatic rings. The fraction of sp³-hybridized carbons (Fsp3) is 0.562. The summed E-state index contributed by atoms with van der Waals surface area (Å²) in [4.78, 5) is 4.48.